The number of amides is 2. The smallest absolute Gasteiger partial charge is 0.253 e. The number of thioether (sulfide) groups is 1. The molecule has 1 atom stereocenters. The molecule has 7 nitrogen and oxygen atoms in total. The zero-order valence-electron chi connectivity index (χ0n) is 20.4. The van der Waals surface area contributed by atoms with E-state index in [9.17, 15) is 9.59 Å². The summed E-state index contributed by atoms with van der Waals surface area (Å²) in [7, 11) is 0. The minimum absolute atomic E-state index is 0.00610. The first-order valence-corrected chi connectivity index (χ1v) is 14.2. The summed E-state index contributed by atoms with van der Waals surface area (Å²) < 4.78 is 1.81. The highest BCUT2D eigenvalue weighted by atomic mass is 35.5. The average molecular weight is 636 g/mol. The van der Waals surface area contributed by atoms with Crippen LogP contribution in [0.15, 0.2) is 48.1 Å². The number of carbonyl (C=O) groups is 2. The van der Waals surface area contributed by atoms with Gasteiger partial charge in [0.25, 0.3) is 5.91 Å². The van der Waals surface area contributed by atoms with Gasteiger partial charge in [0.1, 0.15) is 0 Å². The van der Waals surface area contributed by atoms with E-state index in [1.165, 1.54) is 30.0 Å². The molecule has 0 aliphatic carbocycles. The SMILES string of the molecule is C=CCn1c(SCC(=O)Nc2c(Cl)cc(Cl)cc2Cl)nnc1[C@@H](CC(C)C)NC(=O)c1ccc(Cl)cc1Cl. The van der Waals surface area contributed by atoms with Crippen LogP contribution in [0.1, 0.15) is 42.5 Å². The molecule has 0 fully saturated rings. The molecule has 3 rings (SSSR count). The van der Waals surface area contributed by atoms with Crippen LogP contribution in [-0.2, 0) is 11.3 Å². The first kappa shape index (κ1) is 30.6. The van der Waals surface area contributed by atoms with Crippen LogP contribution < -0.4 is 10.6 Å². The van der Waals surface area contributed by atoms with Crippen molar-refractivity contribution in [2.45, 2.75) is 38.0 Å². The van der Waals surface area contributed by atoms with Crippen LogP contribution in [0.2, 0.25) is 25.1 Å². The van der Waals surface area contributed by atoms with Gasteiger partial charge in [0.05, 0.1) is 38.1 Å². The lowest BCUT2D eigenvalue weighted by Crippen LogP contribution is -2.32. The monoisotopic (exact) mass is 633 g/mol. The highest BCUT2D eigenvalue weighted by Gasteiger charge is 2.25. The standard InChI is InChI=1S/C25H24Cl5N5O2S/c1-4-7-35-23(20(8-13(2)3)31-24(37)16-6-5-14(26)9-17(16)28)33-34-25(35)38-12-21(36)32-22-18(29)10-15(27)11-19(22)30/h4-6,9-11,13,20H,1,7-8,12H2,2-3H3,(H,31,37)(H,32,36)/t20-/m1/s1. The summed E-state index contributed by atoms with van der Waals surface area (Å²) in [5.74, 6) is 0.0527. The van der Waals surface area contributed by atoms with Gasteiger partial charge in [0, 0.05) is 16.6 Å². The fourth-order valence-electron chi connectivity index (χ4n) is 3.54. The number of hydrogen-bond acceptors (Lipinski definition) is 5. The third-order valence-corrected chi connectivity index (χ3v) is 7.49. The quantitative estimate of drug-likeness (QED) is 0.165. The summed E-state index contributed by atoms with van der Waals surface area (Å²) in [4.78, 5) is 25.7. The summed E-state index contributed by atoms with van der Waals surface area (Å²) in [6, 6.07) is 7.19. The third-order valence-electron chi connectivity index (χ3n) is 5.16. The zero-order chi connectivity index (χ0) is 28.0. The van der Waals surface area contributed by atoms with Crippen LogP contribution >= 0.6 is 69.8 Å². The topological polar surface area (TPSA) is 88.9 Å². The van der Waals surface area contributed by atoms with Crippen LogP contribution in [-0.4, -0.2) is 32.3 Å². The molecular formula is C25H24Cl5N5O2S. The predicted molar refractivity (Wildman–Crippen MR) is 157 cm³/mol. The normalized spacial score (nSPS) is 11.9. The maximum Gasteiger partial charge on any atom is 0.253 e. The Kier molecular flexibility index (Phi) is 11.2. The van der Waals surface area contributed by atoms with Crippen molar-refractivity contribution in [1.82, 2.24) is 20.1 Å². The minimum atomic E-state index is -0.475. The van der Waals surface area contributed by atoms with Crippen molar-refractivity contribution in [1.29, 1.82) is 0 Å². The van der Waals surface area contributed by atoms with E-state index in [-0.39, 0.29) is 44.2 Å². The summed E-state index contributed by atoms with van der Waals surface area (Å²) >= 11 is 31.7. The van der Waals surface area contributed by atoms with Crippen LogP contribution in [0.3, 0.4) is 0 Å². The van der Waals surface area contributed by atoms with Gasteiger partial charge in [-0.25, -0.2) is 0 Å². The molecule has 2 N–H and O–H groups in total. The van der Waals surface area contributed by atoms with Gasteiger partial charge in [-0.2, -0.15) is 0 Å². The highest BCUT2D eigenvalue weighted by Crippen LogP contribution is 2.34. The molecule has 202 valence electrons. The van der Waals surface area contributed by atoms with Gasteiger partial charge in [-0.1, -0.05) is 89.7 Å². The van der Waals surface area contributed by atoms with E-state index in [2.05, 4.69) is 27.4 Å². The second-order valence-corrected chi connectivity index (χ2v) is 11.6. The Bertz CT molecular complexity index is 1320. The van der Waals surface area contributed by atoms with Crippen molar-refractivity contribution in [2.24, 2.45) is 5.92 Å². The van der Waals surface area contributed by atoms with Crippen molar-refractivity contribution >= 4 is 87.3 Å². The fourth-order valence-corrected chi connectivity index (χ4v) is 5.70. The van der Waals surface area contributed by atoms with Gasteiger partial charge in [-0.3, -0.25) is 9.59 Å². The van der Waals surface area contributed by atoms with Gasteiger partial charge in [0.15, 0.2) is 11.0 Å². The number of nitrogens with zero attached hydrogens (tertiary/aromatic N) is 3. The summed E-state index contributed by atoms with van der Waals surface area (Å²) in [6.45, 7) is 8.26. The van der Waals surface area contributed by atoms with Crippen molar-refractivity contribution in [3.63, 3.8) is 0 Å². The molecule has 3 aromatic rings. The molecule has 0 saturated carbocycles. The van der Waals surface area contributed by atoms with E-state index in [0.29, 0.717) is 39.6 Å². The molecule has 2 aromatic carbocycles. The number of allylic oxidation sites excluding steroid dienone is 1. The first-order valence-electron chi connectivity index (χ1n) is 11.4. The van der Waals surface area contributed by atoms with Gasteiger partial charge in [0.2, 0.25) is 5.91 Å². The molecular weight excluding hydrogens is 612 g/mol. The van der Waals surface area contributed by atoms with Gasteiger partial charge >= 0.3 is 0 Å². The average Bonchev–Trinajstić information content (AvgIpc) is 3.22. The summed E-state index contributed by atoms with van der Waals surface area (Å²) in [6.07, 6.45) is 2.28. The molecule has 1 aromatic heterocycles. The molecule has 0 unspecified atom stereocenters. The van der Waals surface area contributed by atoms with Gasteiger partial charge in [-0.15, -0.1) is 16.8 Å². The van der Waals surface area contributed by atoms with Crippen molar-refractivity contribution in [2.75, 3.05) is 11.1 Å². The summed E-state index contributed by atoms with van der Waals surface area (Å²) in [5, 5.41) is 16.3. The Morgan fingerprint density at radius 2 is 1.68 bits per heavy atom. The Morgan fingerprint density at radius 3 is 2.29 bits per heavy atom. The maximum absolute atomic E-state index is 13.1. The van der Waals surface area contributed by atoms with Crippen molar-refractivity contribution in [3.05, 3.63) is 79.5 Å². The Labute approximate surface area is 250 Å². The molecule has 2 amide bonds. The molecule has 0 saturated heterocycles. The number of anilines is 1. The number of carbonyl (C=O) groups excluding carboxylic acids is 2. The first-order chi connectivity index (χ1) is 18.0. The molecule has 0 spiro atoms. The number of halogens is 5. The molecule has 0 aliphatic heterocycles. The van der Waals surface area contributed by atoms with Crippen molar-refractivity contribution < 1.29 is 9.59 Å². The van der Waals surface area contributed by atoms with E-state index < -0.39 is 6.04 Å². The van der Waals surface area contributed by atoms with Crippen LogP contribution in [0.25, 0.3) is 0 Å². The van der Waals surface area contributed by atoms with Crippen LogP contribution in [0.4, 0.5) is 5.69 Å². The van der Waals surface area contributed by atoms with E-state index >= 15 is 0 Å². The molecule has 0 bridgehead atoms. The largest absolute Gasteiger partial charge is 0.342 e. The van der Waals surface area contributed by atoms with Crippen LogP contribution in [0, 0.1) is 5.92 Å². The maximum atomic E-state index is 13.1. The number of aromatic nitrogens is 3. The Hall–Kier alpha value is -1.94. The number of hydrogen-bond donors (Lipinski definition) is 2. The van der Waals surface area contributed by atoms with E-state index in [4.69, 9.17) is 58.0 Å². The predicted octanol–water partition coefficient (Wildman–Crippen LogP) is 7.98. The number of benzene rings is 2. The van der Waals surface area contributed by atoms with E-state index in [0.717, 1.165) is 0 Å². The lowest BCUT2D eigenvalue weighted by Gasteiger charge is -2.21. The van der Waals surface area contributed by atoms with Crippen molar-refractivity contribution in [3.8, 4) is 0 Å². The second-order valence-electron chi connectivity index (χ2n) is 8.60. The zero-order valence-corrected chi connectivity index (χ0v) is 25.0. The minimum Gasteiger partial charge on any atom is -0.342 e. The second kappa shape index (κ2) is 13.9. The Balaban J connectivity index is 1.80. The van der Waals surface area contributed by atoms with Gasteiger partial charge in [-0.05, 0) is 42.7 Å². The van der Waals surface area contributed by atoms with Crippen LogP contribution in [0.5, 0.6) is 0 Å². The number of nitrogens with one attached hydrogen (secondary N) is 2. The molecule has 0 radical (unpaired) electrons. The van der Waals surface area contributed by atoms with Gasteiger partial charge < -0.3 is 15.2 Å². The molecule has 38 heavy (non-hydrogen) atoms. The summed E-state index contributed by atoms with van der Waals surface area (Å²) in [5.41, 5.74) is 0.572. The highest BCUT2D eigenvalue weighted by molar-refractivity contribution is 7.99. The molecule has 1 heterocycles. The van der Waals surface area contributed by atoms with E-state index in [1.807, 2.05) is 18.4 Å². The lowest BCUT2D eigenvalue weighted by atomic mass is 10.0. The van der Waals surface area contributed by atoms with E-state index in [1.54, 1.807) is 18.2 Å². The Morgan fingerprint density at radius 1 is 1.03 bits per heavy atom. The lowest BCUT2D eigenvalue weighted by molar-refractivity contribution is -0.113. The fraction of sp³-hybridized carbons (Fsp3) is 0.280. The molecule has 13 heteroatoms. The number of rotatable bonds is 11. The third kappa shape index (κ3) is 8.04. The molecule has 0 aliphatic rings.